The molecule has 176 valence electrons. The number of hydrogen-bond acceptors (Lipinski definition) is 6. The van der Waals surface area contributed by atoms with Crippen LogP contribution in [0.2, 0.25) is 0 Å². The third-order valence-electron chi connectivity index (χ3n) is 5.74. The van der Waals surface area contributed by atoms with Crippen LogP contribution in [0.4, 0.5) is 5.82 Å². The summed E-state index contributed by atoms with van der Waals surface area (Å²) in [5.74, 6) is 0.904. The highest BCUT2D eigenvalue weighted by Gasteiger charge is 2.19. The number of amides is 1. The smallest absolute Gasteiger partial charge is 0.257 e. The maximum Gasteiger partial charge on any atom is 0.257 e. The molecule has 0 bridgehead atoms. The molecule has 1 aromatic carbocycles. The Labute approximate surface area is 206 Å². The lowest BCUT2D eigenvalue weighted by Gasteiger charge is -2.09. The molecule has 36 heavy (non-hydrogen) atoms. The number of rotatable bonds is 7. The summed E-state index contributed by atoms with van der Waals surface area (Å²) < 4.78 is 8.96. The van der Waals surface area contributed by atoms with E-state index in [2.05, 4.69) is 20.5 Å². The van der Waals surface area contributed by atoms with Gasteiger partial charge in [-0.3, -0.25) is 14.5 Å². The zero-order chi connectivity index (χ0) is 24.3. The first-order chi connectivity index (χ1) is 17.7. The van der Waals surface area contributed by atoms with E-state index in [1.165, 1.54) is 0 Å². The summed E-state index contributed by atoms with van der Waals surface area (Å²) in [6.07, 6.45) is 6.83. The van der Waals surface area contributed by atoms with Crippen molar-refractivity contribution < 1.29 is 9.21 Å². The fourth-order valence-corrected chi connectivity index (χ4v) is 4.02. The van der Waals surface area contributed by atoms with E-state index in [9.17, 15) is 4.79 Å². The van der Waals surface area contributed by atoms with Crippen molar-refractivity contribution in [2.45, 2.75) is 13.1 Å². The predicted octanol–water partition coefficient (Wildman–Crippen LogP) is 4.63. The number of furan rings is 1. The lowest BCUT2D eigenvalue weighted by molar-refractivity contribution is 0.102. The summed E-state index contributed by atoms with van der Waals surface area (Å²) in [6, 6.07) is 22.7. The minimum atomic E-state index is -0.291. The highest BCUT2D eigenvalue weighted by molar-refractivity contribution is 6.12. The van der Waals surface area contributed by atoms with Gasteiger partial charge in [-0.2, -0.15) is 10.2 Å². The normalized spacial score (nSPS) is 11.1. The Bertz CT molecular complexity index is 1620. The maximum absolute atomic E-state index is 13.4. The highest BCUT2D eigenvalue weighted by Crippen LogP contribution is 2.26. The van der Waals surface area contributed by atoms with Crippen molar-refractivity contribution in [2.24, 2.45) is 0 Å². The fraction of sp³-hybridized carbons (Fsp3) is 0.0741. The molecule has 1 N–H and O–H groups in total. The summed E-state index contributed by atoms with van der Waals surface area (Å²) in [7, 11) is 0. The fourth-order valence-electron chi connectivity index (χ4n) is 4.02. The Balaban J connectivity index is 1.34. The summed E-state index contributed by atoms with van der Waals surface area (Å²) in [6.45, 7) is 0.911. The molecule has 0 unspecified atom stereocenters. The number of hydrogen-bond donors (Lipinski definition) is 1. The van der Waals surface area contributed by atoms with Gasteiger partial charge in [-0.25, -0.2) is 9.67 Å². The zero-order valence-electron chi connectivity index (χ0n) is 19.2. The van der Waals surface area contributed by atoms with Crippen molar-refractivity contribution in [3.8, 4) is 11.3 Å². The van der Waals surface area contributed by atoms with Crippen LogP contribution in [-0.4, -0.2) is 35.4 Å². The number of fused-ring (bicyclic) bond motifs is 1. The third-order valence-corrected chi connectivity index (χ3v) is 5.74. The molecule has 6 aromatic rings. The quantitative estimate of drug-likeness (QED) is 0.361. The Kier molecular flexibility index (Phi) is 5.55. The van der Waals surface area contributed by atoms with E-state index in [0.717, 1.165) is 17.0 Å². The minimum Gasteiger partial charge on any atom is -0.467 e. The number of aromatic nitrogens is 6. The molecule has 1 amide bonds. The van der Waals surface area contributed by atoms with Gasteiger partial charge in [0.1, 0.15) is 12.3 Å². The molecule has 0 atom stereocenters. The molecule has 9 nitrogen and oxygen atoms in total. The van der Waals surface area contributed by atoms with Crippen LogP contribution in [-0.2, 0) is 13.1 Å². The summed E-state index contributed by atoms with van der Waals surface area (Å²) in [5, 5.41) is 12.5. The standard InChI is InChI=1S/C27H21N7O2/c35-27(31-25-11-13-33(32-25)17-20-9-4-5-12-28-20)22-15-24(19-7-2-1-3-8-19)30-26-23(22)16-29-34(26)18-21-10-6-14-36-21/h1-16H,17-18H2,(H,31,32,35). The van der Waals surface area contributed by atoms with Crippen molar-refractivity contribution in [1.29, 1.82) is 0 Å². The molecule has 5 aromatic heterocycles. The van der Waals surface area contributed by atoms with Crippen molar-refractivity contribution >= 4 is 22.8 Å². The summed E-state index contributed by atoms with van der Waals surface area (Å²) in [4.78, 5) is 22.6. The zero-order valence-corrected chi connectivity index (χ0v) is 19.2. The molecule has 0 aliphatic carbocycles. The van der Waals surface area contributed by atoms with Crippen LogP contribution in [0.1, 0.15) is 21.8 Å². The van der Waals surface area contributed by atoms with Crippen molar-refractivity contribution in [3.05, 3.63) is 115 Å². The van der Waals surface area contributed by atoms with Crippen molar-refractivity contribution in [1.82, 2.24) is 29.5 Å². The molecule has 0 fully saturated rings. The molecule has 0 aliphatic heterocycles. The van der Waals surface area contributed by atoms with Crippen LogP contribution in [0.3, 0.4) is 0 Å². The van der Waals surface area contributed by atoms with Crippen LogP contribution < -0.4 is 5.32 Å². The van der Waals surface area contributed by atoms with Gasteiger partial charge in [0, 0.05) is 24.0 Å². The molecule has 0 saturated heterocycles. The molecule has 0 aliphatic rings. The van der Waals surface area contributed by atoms with Gasteiger partial charge in [0.15, 0.2) is 11.5 Å². The molecular weight excluding hydrogens is 454 g/mol. The second-order valence-corrected chi connectivity index (χ2v) is 8.21. The predicted molar refractivity (Wildman–Crippen MR) is 134 cm³/mol. The Morgan fingerprint density at radius 2 is 1.86 bits per heavy atom. The first kappa shape index (κ1) is 21.5. The monoisotopic (exact) mass is 475 g/mol. The van der Waals surface area contributed by atoms with Crippen LogP contribution in [0.5, 0.6) is 0 Å². The van der Waals surface area contributed by atoms with E-state index >= 15 is 0 Å². The van der Waals surface area contributed by atoms with E-state index < -0.39 is 0 Å². The molecule has 5 heterocycles. The second kappa shape index (κ2) is 9.30. The van der Waals surface area contributed by atoms with Gasteiger partial charge < -0.3 is 9.73 Å². The number of nitrogens with zero attached hydrogens (tertiary/aromatic N) is 6. The first-order valence-corrected chi connectivity index (χ1v) is 11.4. The van der Waals surface area contributed by atoms with Crippen molar-refractivity contribution in [2.75, 3.05) is 5.32 Å². The molecular formula is C27H21N7O2. The lowest BCUT2D eigenvalue weighted by Crippen LogP contribution is -2.14. The van der Waals surface area contributed by atoms with Crippen molar-refractivity contribution in [3.63, 3.8) is 0 Å². The topological polar surface area (TPSA) is 104 Å². The van der Waals surface area contributed by atoms with E-state index in [-0.39, 0.29) is 5.91 Å². The minimum absolute atomic E-state index is 0.291. The molecule has 9 heteroatoms. The molecule has 6 rings (SSSR count). The van der Waals surface area contributed by atoms with Gasteiger partial charge in [-0.15, -0.1) is 0 Å². The van der Waals surface area contributed by atoms with Gasteiger partial charge in [-0.05, 0) is 30.3 Å². The van der Waals surface area contributed by atoms with Gasteiger partial charge in [0.2, 0.25) is 0 Å². The third kappa shape index (κ3) is 4.37. The highest BCUT2D eigenvalue weighted by atomic mass is 16.3. The van der Waals surface area contributed by atoms with Gasteiger partial charge in [-0.1, -0.05) is 36.4 Å². The Morgan fingerprint density at radius 3 is 2.67 bits per heavy atom. The summed E-state index contributed by atoms with van der Waals surface area (Å²) >= 11 is 0. The number of anilines is 1. The van der Waals surface area contributed by atoms with Gasteiger partial charge in [0.25, 0.3) is 5.91 Å². The average molecular weight is 476 g/mol. The number of nitrogens with one attached hydrogen (secondary N) is 1. The molecule has 0 radical (unpaired) electrons. The van der Waals surface area contributed by atoms with E-state index in [1.807, 2.05) is 66.9 Å². The Hall–Kier alpha value is -5.05. The van der Waals surface area contributed by atoms with Crippen LogP contribution >= 0.6 is 0 Å². The Morgan fingerprint density at radius 1 is 0.972 bits per heavy atom. The summed E-state index contributed by atoms with van der Waals surface area (Å²) in [5.41, 5.74) is 3.52. The SMILES string of the molecule is O=C(Nc1ccn(Cc2ccccn2)n1)c1cc(-c2ccccc2)nc2c1cnn2Cc1ccco1. The number of carbonyl (C=O) groups excluding carboxylic acids is 1. The molecule has 0 saturated carbocycles. The van der Waals surface area contributed by atoms with E-state index in [4.69, 9.17) is 9.40 Å². The van der Waals surface area contributed by atoms with Gasteiger partial charge >= 0.3 is 0 Å². The molecule has 0 spiro atoms. The van der Waals surface area contributed by atoms with Crippen LogP contribution in [0.15, 0.2) is 102 Å². The van der Waals surface area contributed by atoms with Gasteiger partial charge in [0.05, 0.1) is 41.3 Å². The number of carbonyl (C=O) groups is 1. The lowest BCUT2D eigenvalue weighted by atomic mass is 10.1. The van der Waals surface area contributed by atoms with Crippen LogP contribution in [0.25, 0.3) is 22.3 Å². The van der Waals surface area contributed by atoms with E-state index in [0.29, 0.717) is 41.2 Å². The number of benzene rings is 1. The average Bonchev–Trinajstić information content (AvgIpc) is 3.67. The second-order valence-electron chi connectivity index (χ2n) is 8.21. The van der Waals surface area contributed by atoms with E-state index in [1.54, 1.807) is 40.2 Å². The first-order valence-electron chi connectivity index (χ1n) is 11.4. The number of pyridine rings is 2. The maximum atomic E-state index is 13.4. The largest absolute Gasteiger partial charge is 0.467 e. The van der Waals surface area contributed by atoms with Crippen LogP contribution in [0, 0.1) is 0 Å².